The molecule has 6 nitrogen and oxygen atoms in total. The van der Waals surface area contributed by atoms with E-state index < -0.39 is 12.0 Å². The smallest absolute Gasteiger partial charge is 0.493 e. The molecule has 0 unspecified atom stereocenters. The Morgan fingerprint density at radius 2 is 1.88 bits per heavy atom. The molecule has 1 N–H and O–H groups in total. The van der Waals surface area contributed by atoms with Gasteiger partial charge in [0.1, 0.15) is 0 Å². The summed E-state index contributed by atoms with van der Waals surface area (Å²) in [4.78, 5) is 12.4. The topological polar surface area (TPSA) is 72.8 Å². The van der Waals surface area contributed by atoms with E-state index in [1.807, 2.05) is 0 Å². The Morgan fingerprint density at radius 3 is 2.62 bits per heavy atom. The van der Waals surface area contributed by atoms with Gasteiger partial charge in [0.25, 0.3) is 5.52 Å². The average molecular weight is 326 g/mol. The normalized spacial score (nSPS) is 11.1. The predicted octanol–water partition coefficient (Wildman–Crippen LogP) is 2.80. The van der Waals surface area contributed by atoms with Crippen LogP contribution >= 0.6 is 0 Å². The van der Waals surface area contributed by atoms with Crippen molar-refractivity contribution in [2.75, 3.05) is 14.2 Å². The minimum Gasteiger partial charge on any atom is -0.493 e. The molecule has 6 heteroatoms. The van der Waals surface area contributed by atoms with Gasteiger partial charge in [-0.3, -0.25) is 0 Å². The maximum atomic E-state index is 12.4. The van der Waals surface area contributed by atoms with Crippen molar-refractivity contribution in [3.63, 3.8) is 0 Å². The van der Waals surface area contributed by atoms with Gasteiger partial charge in [0.2, 0.25) is 5.58 Å². The fourth-order valence-corrected chi connectivity index (χ4v) is 2.39. The number of oxazole rings is 1. The van der Waals surface area contributed by atoms with E-state index in [4.69, 9.17) is 13.9 Å². The molecule has 0 saturated heterocycles. The van der Waals surface area contributed by atoms with Crippen LogP contribution in [0.2, 0.25) is 0 Å². The molecule has 0 spiro atoms. The standard InChI is InChI=1S/C18H15NO5/c1-22-15-9-7-12(11-16(15)23-2)8-10-17(20)19-13-5-3-4-6-14(13)24-18(19)21/h3-11H,1-2H3/p+1/b10-8+. The first-order chi connectivity index (χ1) is 11.6. The molecular weight excluding hydrogens is 310 g/mol. The Kier molecular flexibility index (Phi) is 4.20. The van der Waals surface area contributed by atoms with Crippen molar-refractivity contribution in [1.29, 1.82) is 0 Å². The summed E-state index contributed by atoms with van der Waals surface area (Å²) in [5.41, 5.74) is 1.69. The van der Waals surface area contributed by atoms with Crippen molar-refractivity contribution in [3.05, 3.63) is 54.1 Å². The van der Waals surface area contributed by atoms with Crippen LogP contribution in [0.1, 0.15) is 10.4 Å². The Bertz CT molecular complexity index is 926. The molecule has 2 aromatic carbocycles. The summed E-state index contributed by atoms with van der Waals surface area (Å²) < 4.78 is 16.7. The van der Waals surface area contributed by atoms with Crippen molar-refractivity contribution in [3.8, 4) is 17.6 Å². The second-order valence-electron chi connectivity index (χ2n) is 4.97. The van der Waals surface area contributed by atoms with Crippen LogP contribution in [0.3, 0.4) is 0 Å². The number of aromatic hydroxyl groups is 1. The third kappa shape index (κ3) is 2.81. The number of ether oxygens (including phenoxy) is 2. The second-order valence-corrected chi connectivity index (χ2v) is 4.97. The van der Waals surface area contributed by atoms with E-state index >= 15 is 0 Å². The van der Waals surface area contributed by atoms with Crippen LogP contribution in [0.5, 0.6) is 17.6 Å². The van der Waals surface area contributed by atoms with E-state index in [0.717, 1.165) is 10.1 Å². The zero-order valence-electron chi connectivity index (χ0n) is 13.2. The van der Waals surface area contributed by atoms with Gasteiger partial charge in [-0.25, -0.2) is 4.79 Å². The van der Waals surface area contributed by atoms with E-state index in [2.05, 4.69) is 0 Å². The van der Waals surface area contributed by atoms with Gasteiger partial charge in [-0.05, 0) is 34.4 Å². The summed E-state index contributed by atoms with van der Waals surface area (Å²) in [6, 6.07) is 12.2. The Hall–Kier alpha value is -3.28. The molecule has 0 aliphatic rings. The maximum Gasteiger partial charge on any atom is 0.567 e. The first-order valence-corrected chi connectivity index (χ1v) is 7.21. The minimum absolute atomic E-state index is 0.424. The predicted molar refractivity (Wildman–Crippen MR) is 87.3 cm³/mol. The van der Waals surface area contributed by atoms with E-state index in [-0.39, 0.29) is 0 Å². The minimum atomic E-state index is -0.460. The van der Waals surface area contributed by atoms with E-state index in [1.165, 1.54) is 6.08 Å². The number of hydrogen-bond donors (Lipinski definition) is 1. The SMILES string of the molecule is COc1ccc(/C=C/C(=O)[n+]2c(O)oc3ccccc32)cc1OC. The van der Waals surface area contributed by atoms with Crippen LogP contribution in [0.15, 0.2) is 53.0 Å². The highest BCUT2D eigenvalue weighted by Gasteiger charge is 2.27. The molecule has 1 heterocycles. The molecular formula is C18H16NO5+. The highest BCUT2D eigenvalue weighted by molar-refractivity contribution is 5.88. The van der Waals surface area contributed by atoms with Crippen LogP contribution in [-0.2, 0) is 0 Å². The summed E-state index contributed by atoms with van der Waals surface area (Å²) >= 11 is 0. The number of nitrogens with zero attached hydrogens (tertiary/aromatic N) is 1. The summed E-state index contributed by atoms with van der Waals surface area (Å²) in [7, 11) is 3.10. The molecule has 0 amide bonds. The monoisotopic (exact) mass is 326 g/mol. The molecule has 24 heavy (non-hydrogen) atoms. The van der Waals surface area contributed by atoms with Gasteiger partial charge in [-0.2, -0.15) is 0 Å². The number of hydrogen-bond acceptors (Lipinski definition) is 5. The molecule has 0 fully saturated rings. The van der Waals surface area contributed by atoms with Crippen LogP contribution in [0, 0.1) is 0 Å². The lowest BCUT2D eigenvalue weighted by Crippen LogP contribution is -2.39. The van der Waals surface area contributed by atoms with Gasteiger partial charge >= 0.3 is 12.0 Å². The highest BCUT2D eigenvalue weighted by atomic mass is 16.5. The number of carbonyl (C=O) groups excluding carboxylic acids is 1. The first-order valence-electron chi connectivity index (χ1n) is 7.21. The van der Waals surface area contributed by atoms with Gasteiger partial charge in [0, 0.05) is 6.07 Å². The summed E-state index contributed by atoms with van der Waals surface area (Å²) in [5, 5.41) is 9.86. The number of benzene rings is 2. The highest BCUT2D eigenvalue weighted by Crippen LogP contribution is 2.28. The summed E-state index contributed by atoms with van der Waals surface area (Å²) in [6.45, 7) is 0. The number of aromatic nitrogens is 1. The van der Waals surface area contributed by atoms with Crippen molar-refractivity contribution in [2.45, 2.75) is 0 Å². The second kappa shape index (κ2) is 6.45. The zero-order valence-corrected chi connectivity index (χ0v) is 13.2. The van der Waals surface area contributed by atoms with Gasteiger partial charge in [-0.15, -0.1) is 0 Å². The van der Waals surface area contributed by atoms with E-state index in [0.29, 0.717) is 22.6 Å². The average Bonchev–Trinajstić information content (AvgIpc) is 2.95. The lowest BCUT2D eigenvalue weighted by Gasteiger charge is -2.07. The molecule has 0 aliphatic carbocycles. The molecule has 0 atom stereocenters. The number of para-hydroxylation sites is 2. The van der Waals surface area contributed by atoms with Crippen molar-refractivity contribution < 1.29 is 28.4 Å². The number of rotatable bonds is 4. The molecule has 0 saturated carbocycles. The van der Waals surface area contributed by atoms with Crippen LogP contribution < -0.4 is 14.0 Å². The number of fused-ring (bicyclic) bond motifs is 1. The lowest BCUT2D eigenvalue weighted by molar-refractivity contribution is -0.558. The molecule has 122 valence electrons. The van der Waals surface area contributed by atoms with Gasteiger partial charge in [-0.1, -0.05) is 18.2 Å². The Balaban J connectivity index is 1.91. The molecule has 0 aliphatic heterocycles. The third-order valence-electron chi connectivity index (χ3n) is 3.55. The van der Waals surface area contributed by atoms with Gasteiger partial charge in [0.15, 0.2) is 11.5 Å². The first kappa shape index (κ1) is 15.6. The van der Waals surface area contributed by atoms with Crippen LogP contribution in [0.4, 0.5) is 0 Å². The number of carbonyl (C=O) groups is 1. The third-order valence-corrected chi connectivity index (χ3v) is 3.55. The lowest BCUT2D eigenvalue weighted by atomic mass is 10.2. The Morgan fingerprint density at radius 1 is 1.12 bits per heavy atom. The Labute approximate surface area is 138 Å². The van der Waals surface area contributed by atoms with Gasteiger partial charge in [0.05, 0.1) is 20.3 Å². The molecule has 0 bridgehead atoms. The van der Waals surface area contributed by atoms with Gasteiger partial charge < -0.3 is 19.0 Å². The van der Waals surface area contributed by atoms with Crippen LogP contribution in [0.25, 0.3) is 17.2 Å². The quantitative estimate of drug-likeness (QED) is 0.589. The summed E-state index contributed by atoms with van der Waals surface area (Å²) in [6.07, 6.45) is 2.51. The zero-order chi connectivity index (χ0) is 17.1. The molecule has 3 rings (SSSR count). The van der Waals surface area contributed by atoms with Crippen molar-refractivity contribution in [2.24, 2.45) is 0 Å². The number of methoxy groups -OCH3 is 2. The fraction of sp³-hybridized carbons (Fsp3) is 0.111. The fourth-order valence-electron chi connectivity index (χ4n) is 2.39. The van der Waals surface area contributed by atoms with E-state index in [1.54, 1.807) is 62.8 Å². The van der Waals surface area contributed by atoms with Crippen LogP contribution in [-0.4, -0.2) is 25.2 Å². The van der Waals surface area contributed by atoms with Crippen molar-refractivity contribution >= 4 is 23.1 Å². The maximum absolute atomic E-state index is 12.4. The largest absolute Gasteiger partial charge is 0.567 e. The summed E-state index contributed by atoms with van der Waals surface area (Å²) in [5.74, 6) is 0.748. The molecule has 1 aromatic heterocycles. The molecule has 3 aromatic rings. The molecule has 0 radical (unpaired) electrons. The van der Waals surface area contributed by atoms with Crippen molar-refractivity contribution in [1.82, 2.24) is 0 Å². The van der Waals surface area contributed by atoms with E-state index in [9.17, 15) is 9.90 Å². The number of allylic oxidation sites excluding steroid dienone is 1.